The Labute approximate surface area is 511 Å². The molecule has 0 aromatic carbocycles. The van der Waals surface area contributed by atoms with Crippen LogP contribution in [0.25, 0.3) is 0 Å². The molecule has 488 valence electrons. The van der Waals surface area contributed by atoms with E-state index in [9.17, 15) is 35.1 Å². The molecular weight excluding hydrogens is 1040 g/mol. The molecule has 1 heterocycles. The highest BCUT2D eigenvalue weighted by Crippen LogP contribution is 2.23. The molecule has 11 nitrogen and oxygen atoms in total. The predicted octanol–water partition coefficient (Wildman–Crippen LogP) is 18.2. The normalized spacial score (nSPS) is 18.3. The molecule has 6 N–H and O–H groups in total. The molecular formula is C72H135NO10. The molecule has 11 heteroatoms. The second-order valence-corrected chi connectivity index (χ2v) is 24.9. The van der Waals surface area contributed by atoms with Crippen molar-refractivity contribution in [3.63, 3.8) is 0 Å². The molecule has 1 aliphatic rings. The molecule has 83 heavy (non-hydrogen) atoms. The zero-order chi connectivity index (χ0) is 60.2. The monoisotopic (exact) mass is 1170 g/mol. The van der Waals surface area contributed by atoms with Crippen LogP contribution in [-0.2, 0) is 23.8 Å². The van der Waals surface area contributed by atoms with Gasteiger partial charge in [0.1, 0.15) is 24.4 Å². The minimum atomic E-state index is -1.57. The van der Waals surface area contributed by atoms with Crippen molar-refractivity contribution in [1.82, 2.24) is 5.32 Å². The van der Waals surface area contributed by atoms with Gasteiger partial charge >= 0.3 is 5.97 Å². The maximum absolute atomic E-state index is 13.0. The second-order valence-electron chi connectivity index (χ2n) is 24.9. The van der Waals surface area contributed by atoms with Gasteiger partial charge in [0.25, 0.3) is 0 Å². The smallest absolute Gasteiger partial charge is 0.305 e. The van der Waals surface area contributed by atoms with Gasteiger partial charge in [-0.05, 0) is 64.2 Å². The Morgan fingerprint density at radius 3 is 1.23 bits per heavy atom. The number of allylic oxidation sites excluding steroid dienone is 5. The van der Waals surface area contributed by atoms with Crippen molar-refractivity contribution < 1.29 is 49.3 Å². The van der Waals surface area contributed by atoms with Gasteiger partial charge in [-0.2, -0.15) is 0 Å². The number of hydrogen-bond donors (Lipinski definition) is 6. The first-order valence-corrected chi connectivity index (χ1v) is 35.8. The molecule has 7 atom stereocenters. The summed E-state index contributed by atoms with van der Waals surface area (Å²) in [6.45, 7) is 4.32. The molecule has 1 rings (SSSR count). The first-order valence-electron chi connectivity index (χ1n) is 35.8. The minimum Gasteiger partial charge on any atom is -0.466 e. The predicted molar refractivity (Wildman–Crippen MR) is 347 cm³/mol. The highest BCUT2D eigenvalue weighted by Gasteiger charge is 2.44. The topological polar surface area (TPSA) is 175 Å². The fourth-order valence-electron chi connectivity index (χ4n) is 11.4. The molecule has 0 aromatic rings. The zero-order valence-electron chi connectivity index (χ0n) is 54.2. The number of esters is 1. The number of ether oxygens (including phenoxy) is 3. The van der Waals surface area contributed by atoms with E-state index in [0.717, 1.165) is 64.2 Å². The van der Waals surface area contributed by atoms with E-state index in [-0.39, 0.29) is 18.5 Å². The summed E-state index contributed by atoms with van der Waals surface area (Å²) in [5, 5.41) is 54.3. The van der Waals surface area contributed by atoms with Crippen molar-refractivity contribution in [1.29, 1.82) is 0 Å². The number of carbonyl (C=O) groups excluding carboxylic acids is 2. The highest BCUT2D eigenvalue weighted by atomic mass is 16.7. The van der Waals surface area contributed by atoms with Gasteiger partial charge in [0.15, 0.2) is 6.29 Å². The van der Waals surface area contributed by atoms with E-state index >= 15 is 0 Å². The van der Waals surface area contributed by atoms with Crippen LogP contribution < -0.4 is 5.32 Å². The lowest BCUT2D eigenvalue weighted by Crippen LogP contribution is -2.60. The van der Waals surface area contributed by atoms with E-state index in [1.54, 1.807) is 6.08 Å². The third-order valence-corrected chi connectivity index (χ3v) is 17.0. The van der Waals surface area contributed by atoms with Gasteiger partial charge in [-0.1, -0.05) is 307 Å². The molecule has 1 amide bonds. The second kappa shape index (κ2) is 61.5. The molecule has 1 fully saturated rings. The number of unbranched alkanes of at least 4 members (excludes halogenated alkanes) is 45. The van der Waals surface area contributed by atoms with Crippen LogP contribution in [0.4, 0.5) is 0 Å². The van der Waals surface area contributed by atoms with Gasteiger partial charge in [-0.15, -0.1) is 0 Å². The molecule has 0 saturated carbocycles. The summed E-state index contributed by atoms with van der Waals surface area (Å²) in [4.78, 5) is 25.1. The molecule has 0 radical (unpaired) electrons. The van der Waals surface area contributed by atoms with Gasteiger partial charge < -0.3 is 45.1 Å². The summed E-state index contributed by atoms with van der Waals surface area (Å²) in [7, 11) is 0. The van der Waals surface area contributed by atoms with Crippen molar-refractivity contribution in [2.75, 3.05) is 19.8 Å². The fourth-order valence-corrected chi connectivity index (χ4v) is 11.4. The summed E-state index contributed by atoms with van der Waals surface area (Å²) >= 11 is 0. The first kappa shape index (κ1) is 78.9. The van der Waals surface area contributed by atoms with Crippen LogP contribution in [-0.4, -0.2) is 100 Å². The summed E-state index contributed by atoms with van der Waals surface area (Å²) in [6, 6.07) is -0.805. The number of hydrogen-bond acceptors (Lipinski definition) is 10. The Morgan fingerprint density at radius 1 is 0.446 bits per heavy atom. The molecule has 1 aliphatic heterocycles. The van der Waals surface area contributed by atoms with Crippen LogP contribution in [0.1, 0.15) is 348 Å². The summed E-state index contributed by atoms with van der Waals surface area (Å²) in [5.74, 6) is -0.180. The maximum atomic E-state index is 13.0. The number of nitrogens with one attached hydrogen (secondary N) is 1. The number of aliphatic hydroxyl groups excluding tert-OH is 5. The van der Waals surface area contributed by atoms with E-state index in [1.165, 1.54) is 257 Å². The Balaban J connectivity index is 1.89. The number of amides is 1. The maximum Gasteiger partial charge on any atom is 0.305 e. The van der Waals surface area contributed by atoms with Crippen LogP contribution >= 0.6 is 0 Å². The summed E-state index contributed by atoms with van der Waals surface area (Å²) < 4.78 is 16.7. The van der Waals surface area contributed by atoms with E-state index in [1.807, 2.05) is 6.08 Å². The molecule has 1 saturated heterocycles. The fraction of sp³-hybridized carbons (Fsp3) is 0.889. The zero-order valence-corrected chi connectivity index (χ0v) is 54.2. The number of rotatable bonds is 63. The standard InChI is InChI=1S/C72H135NO10/c1-3-5-7-9-11-13-14-15-16-34-37-40-44-48-52-56-60-68(77)81-61-57-53-49-45-41-38-35-32-30-28-26-24-22-20-18-17-19-21-23-25-27-29-31-33-36-39-43-47-51-55-59-67(76)73-64(65(75)58-54-50-46-42-12-10-8-6-4-2)63-82-72-71(80)70(79)69(78)66(62-74)83-72/h13-14,16,34,54,58,64-66,69-72,74-75,78-80H,3-12,15,17-33,35-53,55-57,59-63H2,1-2H3,(H,73,76)/b14-13-,34-16-,58-54+. The van der Waals surface area contributed by atoms with Gasteiger partial charge in [0.05, 0.1) is 32.0 Å². The highest BCUT2D eigenvalue weighted by molar-refractivity contribution is 5.76. The van der Waals surface area contributed by atoms with Crippen LogP contribution in [0.3, 0.4) is 0 Å². The number of aliphatic hydroxyl groups is 5. The Kier molecular flexibility index (Phi) is 58.5. The van der Waals surface area contributed by atoms with Gasteiger partial charge in [0.2, 0.25) is 5.91 Å². The van der Waals surface area contributed by atoms with Crippen LogP contribution in [0.5, 0.6) is 0 Å². The first-order chi connectivity index (χ1) is 40.7. The van der Waals surface area contributed by atoms with Crippen LogP contribution in [0.2, 0.25) is 0 Å². The van der Waals surface area contributed by atoms with E-state index in [0.29, 0.717) is 19.4 Å². The van der Waals surface area contributed by atoms with Crippen molar-refractivity contribution in [2.24, 2.45) is 0 Å². The van der Waals surface area contributed by atoms with E-state index in [4.69, 9.17) is 14.2 Å². The van der Waals surface area contributed by atoms with Gasteiger partial charge in [-0.25, -0.2) is 0 Å². The average molecular weight is 1170 g/mol. The molecule has 0 aliphatic carbocycles. The lowest BCUT2D eigenvalue weighted by atomic mass is 9.99. The lowest BCUT2D eigenvalue weighted by molar-refractivity contribution is -0.302. The minimum absolute atomic E-state index is 0.00148. The molecule has 0 spiro atoms. The molecule has 7 unspecified atom stereocenters. The van der Waals surface area contributed by atoms with E-state index < -0.39 is 49.5 Å². The SMILES string of the molecule is CCCCCC/C=C\C/C=C\CCCCCCCC(=O)OCCCCCCCCCCCCCCCCCCCCCCCCCCCCCCCCC(=O)NC(COC1OC(CO)C(O)C(O)C1O)C(O)/C=C/CCCCCCCCC. The van der Waals surface area contributed by atoms with Gasteiger partial charge in [0, 0.05) is 12.8 Å². The van der Waals surface area contributed by atoms with E-state index in [2.05, 4.69) is 43.5 Å². The summed E-state index contributed by atoms with van der Waals surface area (Å²) in [5.41, 5.74) is 0. The third kappa shape index (κ3) is 50.6. The van der Waals surface area contributed by atoms with Crippen molar-refractivity contribution in [3.8, 4) is 0 Å². The van der Waals surface area contributed by atoms with Crippen molar-refractivity contribution in [2.45, 2.75) is 391 Å². The van der Waals surface area contributed by atoms with Crippen molar-refractivity contribution >= 4 is 11.9 Å². The van der Waals surface area contributed by atoms with Crippen molar-refractivity contribution in [3.05, 3.63) is 36.5 Å². The molecule has 0 aromatic heterocycles. The Bertz CT molecular complexity index is 1470. The lowest BCUT2D eigenvalue weighted by Gasteiger charge is -2.40. The van der Waals surface area contributed by atoms with Gasteiger partial charge in [-0.3, -0.25) is 9.59 Å². The Morgan fingerprint density at radius 2 is 0.807 bits per heavy atom. The third-order valence-electron chi connectivity index (χ3n) is 17.0. The van der Waals surface area contributed by atoms with Crippen LogP contribution in [0.15, 0.2) is 36.5 Å². The quantitative estimate of drug-likeness (QED) is 0.0195. The number of carbonyl (C=O) groups is 2. The summed E-state index contributed by atoms with van der Waals surface area (Å²) in [6.07, 6.45) is 68.7. The Hall–Kier alpha value is -2.12. The van der Waals surface area contributed by atoms with Crippen LogP contribution in [0, 0.1) is 0 Å². The largest absolute Gasteiger partial charge is 0.466 e. The molecule has 0 bridgehead atoms. The average Bonchev–Trinajstić information content (AvgIpc) is 3.54.